The molecule has 1 unspecified atom stereocenters. The van der Waals surface area contributed by atoms with Gasteiger partial charge in [-0.05, 0) is 31.9 Å². The SMILES string of the molecule is Cc1cccc(C)c1OCC(C)NC(=O)CCN. The highest BCUT2D eigenvalue weighted by Gasteiger charge is 2.09. The average molecular weight is 250 g/mol. The van der Waals surface area contributed by atoms with Gasteiger partial charge in [0.1, 0.15) is 12.4 Å². The highest BCUT2D eigenvalue weighted by Crippen LogP contribution is 2.22. The van der Waals surface area contributed by atoms with Gasteiger partial charge >= 0.3 is 0 Å². The lowest BCUT2D eigenvalue weighted by Crippen LogP contribution is -2.37. The van der Waals surface area contributed by atoms with Crippen LogP contribution in [-0.4, -0.2) is 25.1 Å². The Hall–Kier alpha value is -1.55. The summed E-state index contributed by atoms with van der Waals surface area (Å²) in [4.78, 5) is 11.4. The van der Waals surface area contributed by atoms with Crippen LogP contribution in [0.5, 0.6) is 5.75 Å². The molecule has 18 heavy (non-hydrogen) atoms. The molecule has 1 amide bonds. The predicted molar refractivity (Wildman–Crippen MR) is 72.7 cm³/mol. The van der Waals surface area contributed by atoms with Gasteiger partial charge in [0, 0.05) is 13.0 Å². The first-order valence-electron chi connectivity index (χ1n) is 6.23. The Morgan fingerprint density at radius 1 is 1.39 bits per heavy atom. The molecule has 3 N–H and O–H groups in total. The number of nitrogens with one attached hydrogen (secondary N) is 1. The van der Waals surface area contributed by atoms with Crippen LogP contribution in [0.4, 0.5) is 0 Å². The monoisotopic (exact) mass is 250 g/mol. The Balaban J connectivity index is 2.47. The van der Waals surface area contributed by atoms with E-state index in [4.69, 9.17) is 10.5 Å². The van der Waals surface area contributed by atoms with Gasteiger partial charge in [0.15, 0.2) is 0 Å². The lowest BCUT2D eigenvalue weighted by atomic mass is 10.1. The van der Waals surface area contributed by atoms with Crippen molar-refractivity contribution < 1.29 is 9.53 Å². The summed E-state index contributed by atoms with van der Waals surface area (Å²) in [6.45, 7) is 6.78. The molecule has 1 aromatic carbocycles. The van der Waals surface area contributed by atoms with Gasteiger partial charge in [-0.15, -0.1) is 0 Å². The molecule has 4 nitrogen and oxygen atoms in total. The molecule has 0 aliphatic carbocycles. The van der Waals surface area contributed by atoms with E-state index in [1.165, 1.54) is 0 Å². The number of hydrogen-bond donors (Lipinski definition) is 2. The molecule has 1 aromatic rings. The Kier molecular flexibility index (Phi) is 5.65. The quantitative estimate of drug-likeness (QED) is 0.805. The normalized spacial score (nSPS) is 12.0. The minimum absolute atomic E-state index is 0.0249. The molecule has 1 rings (SSSR count). The number of para-hydroxylation sites is 1. The predicted octanol–water partition coefficient (Wildman–Crippen LogP) is 1.54. The van der Waals surface area contributed by atoms with E-state index in [2.05, 4.69) is 5.32 Å². The second-order valence-electron chi connectivity index (χ2n) is 4.54. The zero-order chi connectivity index (χ0) is 13.5. The fourth-order valence-corrected chi connectivity index (χ4v) is 1.75. The van der Waals surface area contributed by atoms with Gasteiger partial charge in [0.2, 0.25) is 5.91 Å². The van der Waals surface area contributed by atoms with Crippen LogP contribution in [-0.2, 0) is 4.79 Å². The second-order valence-corrected chi connectivity index (χ2v) is 4.54. The maximum absolute atomic E-state index is 11.4. The van der Waals surface area contributed by atoms with Crippen LogP contribution < -0.4 is 15.8 Å². The Morgan fingerprint density at radius 3 is 2.56 bits per heavy atom. The molecule has 0 radical (unpaired) electrons. The topological polar surface area (TPSA) is 64.3 Å². The van der Waals surface area contributed by atoms with E-state index in [0.29, 0.717) is 19.6 Å². The number of carbonyl (C=O) groups excluding carboxylic acids is 1. The van der Waals surface area contributed by atoms with E-state index in [1.54, 1.807) is 0 Å². The summed E-state index contributed by atoms with van der Waals surface area (Å²) >= 11 is 0. The van der Waals surface area contributed by atoms with Crippen molar-refractivity contribution >= 4 is 5.91 Å². The second kappa shape index (κ2) is 7.01. The zero-order valence-corrected chi connectivity index (χ0v) is 11.3. The van der Waals surface area contributed by atoms with E-state index in [9.17, 15) is 4.79 Å². The van der Waals surface area contributed by atoms with Gasteiger partial charge in [-0.3, -0.25) is 4.79 Å². The van der Waals surface area contributed by atoms with Crippen LogP contribution in [0, 0.1) is 13.8 Å². The van der Waals surface area contributed by atoms with Crippen LogP contribution in [0.2, 0.25) is 0 Å². The maximum atomic E-state index is 11.4. The summed E-state index contributed by atoms with van der Waals surface area (Å²) < 4.78 is 5.76. The standard InChI is InChI=1S/C14H22N2O2/c1-10-5-4-6-11(2)14(10)18-9-12(3)16-13(17)7-8-15/h4-6,12H,7-9,15H2,1-3H3,(H,16,17). The van der Waals surface area contributed by atoms with Gasteiger partial charge in [-0.2, -0.15) is 0 Å². The summed E-state index contributed by atoms with van der Waals surface area (Å²) in [7, 11) is 0. The van der Waals surface area contributed by atoms with Crippen LogP contribution in [0.15, 0.2) is 18.2 Å². The van der Waals surface area contributed by atoms with E-state index in [-0.39, 0.29) is 11.9 Å². The highest BCUT2D eigenvalue weighted by molar-refractivity contribution is 5.76. The molecule has 0 aliphatic rings. The number of aryl methyl sites for hydroxylation is 2. The number of benzene rings is 1. The number of hydrogen-bond acceptors (Lipinski definition) is 3. The summed E-state index contributed by atoms with van der Waals surface area (Å²) in [5, 5.41) is 2.85. The average Bonchev–Trinajstić information content (AvgIpc) is 2.28. The molecule has 4 heteroatoms. The summed E-state index contributed by atoms with van der Waals surface area (Å²) in [5.41, 5.74) is 7.53. The van der Waals surface area contributed by atoms with Gasteiger partial charge in [0.25, 0.3) is 0 Å². The molecule has 0 saturated carbocycles. The van der Waals surface area contributed by atoms with E-state index >= 15 is 0 Å². The molecule has 0 aromatic heterocycles. The smallest absolute Gasteiger partial charge is 0.221 e. The molecule has 0 aliphatic heterocycles. The Bertz CT molecular complexity index is 385. The number of ether oxygens (including phenoxy) is 1. The lowest BCUT2D eigenvalue weighted by Gasteiger charge is -2.17. The summed E-state index contributed by atoms with van der Waals surface area (Å²) in [5.74, 6) is 0.868. The van der Waals surface area contributed by atoms with Crippen molar-refractivity contribution in [2.24, 2.45) is 5.73 Å². The molecule has 0 saturated heterocycles. The lowest BCUT2D eigenvalue weighted by molar-refractivity contribution is -0.121. The van der Waals surface area contributed by atoms with Crippen LogP contribution in [0.3, 0.4) is 0 Å². The molecular weight excluding hydrogens is 228 g/mol. The largest absolute Gasteiger partial charge is 0.491 e. The fraction of sp³-hybridized carbons (Fsp3) is 0.500. The van der Waals surface area contributed by atoms with Crippen molar-refractivity contribution in [2.45, 2.75) is 33.2 Å². The van der Waals surface area contributed by atoms with Gasteiger partial charge in [-0.1, -0.05) is 18.2 Å². The molecule has 0 spiro atoms. The number of nitrogens with two attached hydrogens (primary N) is 1. The Labute approximate surface area is 109 Å². The number of amides is 1. The third-order valence-electron chi connectivity index (χ3n) is 2.67. The van der Waals surface area contributed by atoms with E-state index < -0.39 is 0 Å². The van der Waals surface area contributed by atoms with Crippen molar-refractivity contribution in [1.29, 1.82) is 0 Å². The molecular formula is C14H22N2O2. The first kappa shape index (κ1) is 14.5. The molecule has 100 valence electrons. The van der Waals surface area contributed by atoms with E-state index in [0.717, 1.165) is 16.9 Å². The van der Waals surface area contributed by atoms with Gasteiger partial charge in [-0.25, -0.2) is 0 Å². The number of carbonyl (C=O) groups is 1. The zero-order valence-electron chi connectivity index (χ0n) is 11.3. The van der Waals surface area contributed by atoms with Gasteiger partial charge < -0.3 is 15.8 Å². The van der Waals surface area contributed by atoms with Crippen molar-refractivity contribution in [3.05, 3.63) is 29.3 Å². The van der Waals surface area contributed by atoms with Crippen LogP contribution >= 0.6 is 0 Å². The number of rotatable bonds is 6. The Morgan fingerprint density at radius 2 is 2.00 bits per heavy atom. The third kappa shape index (κ3) is 4.37. The molecule has 0 fully saturated rings. The minimum atomic E-state index is -0.0323. The first-order valence-corrected chi connectivity index (χ1v) is 6.23. The maximum Gasteiger partial charge on any atom is 0.221 e. The van der Waals surface area contributed by atoms with Crippen molar-refractivity contribution in [3.8, 4) is 5.75 Å². The van der Waals surface area contributed by atoms with Crippen molar-refractivity contribution in [3.63, 3.8) is 0 Å². The third-order valence-corrected chi connectivity index (χ3v) is 2.67. The first-order chi connectivity index (χ1) is 8.54. The van der Waals surface area contributed by atoms with Crippen LogP contribution in [0.1, 0.15) is 24.5 Å². The minimum Gasteiger partial charge on any atom is -0.491 e. The van der Waals surface area contributed by atoms with Gasteiger partial charge in [0.05, 0.1) is 6.04 Å². The van der Waals surface area contributed by atoms with Crippen molar-refractivity contribution in [2.75, 3.05) is 13.2 Å². The van der Waals surface area contributed by atoms with E-state index in [1.807, 2.05) is 39.0 Å². The molecule has 0 bridgehead atoms. The molecule has 1 atom stereocenters. The highest BCUT2D eigenvalue weighted by atomic mass is 16.5. The summed E-state index contributed by atoms with van der Waals surface area (Å²) in [6.07, 6.45) is 0.355. The molecule has 0 heterocycles. The van der Waals surface area contributed by atoms with Crippen LogP contribution in [0.25, 0.3) is 0 Å². The fourth-order valence-electron chi connectivity index (χ4n) is 1.75. The summed E-state index contributed by atoms with van der Waals surface area (Å²) in [6, 6.07) is 6.01. The van der Waals surface area contributed by atoms with Crippen molar-refractivity contribution in [1.82, 2.24) is 5.32 Å².